The molecule has 1 aliphatic heterocycles. The molecule has 1 saturated heterocycles. The number of β-amino-alcohol motifs (C(OH)–C–C–N with tert-alkyl or cyclic N) is 1. The number of pyridine rings is 1. The quantitative estimate of drug-likeness (QED) is 0.748. The SMILES string of the molecule is O=C(c1ccc(O)cc1F)N1C[C@@H](Cc2ccc3ccccc3n2)[C@H](O)C1. The van der Waals surface area contributed by atoms with E-state index in [4.69, 9.17) is 0 Å². The van der Waals surface area contributed by atoms with E-state index in [1.54, 1.807) is 0 Å². The molecule has 2 heterocycles. The van der Waals surface area contributed by atoms with Crippen LogP contribution in [0.15, 0.2) is 54.6 Å². The second-order valence-corrected chi connectivity index (χ2v) is 6.90. The van der Waals surface area contributed by atoms with Crippen LogP contribution in [0.25, 0.3) is 10.9 Å². The van der Waals surface area contributed by atoms with Crippen molar-refractivity contribution in [2.75, 3.05) is 13.1 Å². The lowest BCUT2D eigenvalue weighted by Crippen LogP contribution is -2.30. The number of carbonyl (C=O) groups is 1. The maximum absolute atomic E-state index is 14.0. The van der Waals surface area contributed by atoms with E-state index in [1.165, 1.54) is 17.0 Å². The summed E-state index contributed by atoms with van der Waals surface area (Å²) in [4.78, 5) is 18.6. The highest BCUT2D eigenvalue weighted by Crippen LogP contribution is 2.25. The van der Waals surface area contributed by atoms with E-state index in [2.05, 4.69) is 4.98 Å². The molecule has 4 rings (SSSR count). The van der Waals surface area contributed by atoms with Gasteiger partial charge in [-0.25, -0.2) is 4.39 Å². The predicted octanol–water partition coefficient (Wildman–Crippen LogP) is 2.76. The van der Waals surface area contributed by atoms with Crippen molar-refractivity contribution < 1.29 is 19.4 Å². The lowest BCUT2D eigenvalue weighted by Gasteiger charge is -2.16. The fourth-order valence-corrected chi connectivity index (χ4v) is 3.56. The molecule has 27 heavy (non-hydrogen) atoms. The second-order valence-electron chi connectivity index (χ2n) is 6.90. The number of amides is 1. The number of aromatic hydroxyl groups is 1. The van der Waals surface area contributed by atoms with E-state index < -0.39 is 17.8 Å². The van der Waals surface area contributed by atoms with Crippen LogP contribution in [0.4, 0.5) is 4.39 Å². The molecule has 2 aromatic carbocycles. The Kier molecular flexibility index (Phi) is 4.49. The summed E-state index contributed by atoms with van der Waals surface area (Å²) in [7, 11) is 0. The van der Waals surface area contributed by atoms with Gasteiger partial charge in [0, 0.05) is 36.2 Å². The van der Waals surface area contributed by atoms with Crippen molar-refractivity contribution in [3.63, 3.8) is 0 Å². The Morgan fingerprint density at radius 1 is 1.15 bits per heavy atom. The summed E-state index contributed by atoms with van der Waals surface area (Å²) in [6.45, 7) is 0.478. The van der Waals surface area contributed by atoms with Gasteiger partial charge in [0.05, 0.1) is 17.2 Å². The zero-order valence-electron chi connectivity index (χ0n) is 14.5. The molecular formula is C21H19FN2O3. The average molecular weight is 366 g/mol. The molecule has 0 aliphatic carbocycles. The Bertz CT molecular complexity index is 1010. The van der Waals surface area contributed by atoms with Crippen molar-refractivity contribution in [2.24, 2.45) is 5.92 Å². The molecule has 3 aromatic rings. The number of aliphatic hydroxyl groups is 1. The number of hydrogen-bond donors (Lipinski definition) is 2. The highest BCUT2D eigenvalue weighted by molar-refractivity contribution is 5.94. The highest BCUT2D eigenvalue weighted by atomic mass is 19.1. The summed E-state index contributed by atoms with van der Waals surface area (Å²) in [6.07, 6.45) is -0.157. The zero-order chi connectivity index (χ0) is 19.0. The van der Waals surface area contributed by atoms with E-state index in [1.807, 2.05) is 36.4 Å². The van der Waals surface area contributed by atoms with Gasteiger partial charge in [0.25, 0.3) is 5.91 Å². The number of benzene rings is 2. The minimum atomic E-state index is -0.769. The maximum atomic E-state index is 14.0. The van der Waals surface area contributed by atoms with E-state index in [-0.39, 0.29) is 23.8 Å². The summed E-state index contributed by atoms with van der Waals surface area (Å²) >= 11 is 0. The number of fused-ring (bicyclic) bond motifs is 1. The average Bonchev–Trinajstić information content (AvgIpc) is 3.02. The number of hydrogen-bond acceptors (Lipinski definition) is 4. The molecule has 2 atom stereocenters. The third-order valence-electron chi connectivity index (χ3n) is 5.00. The zero-order valence-corrected chi connectivity index (χ0v) is 14.5. The van der Waals surface area contributed by atoms with Gasteiger partial charge in [0.2, 0.25) is 0 Å². The van der Waals surface area contributed by atoms with E-state index in [0.717, 1.165) is 22.7 Å². The minimum absolute atomic E-state index is 0.107. The smallest absolute Gasteiger partial charge is 0.256 e. The van der Waals surface area contributed by atoms with Crippen LogP contribution in [-0.2, 0) is 6.42 Å². The van der Waals surface area contributed by atoms with Crippen LogP contribution in [0, 0.1) is 11.7 Å². The molecule has 5 nitrogen and oxygen atoms in total. The lowest BCUT2D eigenvalue weighted by atomic mass is 9.99. The van der Waals surface area contributed by atoms with Crippen LogP contribution < -0.4 is 0 Å². The molecule has 1 aromatic heterocycles. The first kappa shape index (κ1) is 17.4. The summed E-state index contributed by atoms with van der Waals surface area (Å²) in [6, 6.07) is 15.2. The summed E-state index contributed by atoms with van der Waals surface area (Å²) in [5, 5.41) is 20.7. The van der Waals surface area contributed by atoms with Gasteiger partial charge in [-0.2, -0.15) is 0 Å². The molecule has 1 fully saturated rings. The molecule has 0 bridgehead atoms. The van der Waals surface area contributed by atoms with Crippen molar-refractivity contribution in [1.82, 2.24) is 9.88 Å². The lowest BCUT2D eigenvalue weighted by molar-refractivity contribution is 0.0760. The van der Waals surface area contributed by atoms with Crippen LogP contribution in [0.2, 0.25) is 0 Å². The number of halogens is 1. The minimum Gasteiger partial charge on any atom is -0.508 e. The Hall–Kier alpha value is -2.99. The molecule has 2 N–H and O–H groups in total. The first-order valence-electron chi connectivity index (χ1n) is 8.82. The van der Waals surface area contributed by atoms with Gasteiger partial charge >= 0.3 is 0 Å². The van der Waals surface area contributed by atoms with E-state index in [9.17, 15) is 19.4 Å². The summed E-state index contributed by atoms with van der Waals surface area (Å²) in [5.74, 6) is -1.65. The topological polar surface area (TPSA) is 73.7 Å². The van der Waals surface area contributed by atoms with Crippen molar-refractivity contribution in [2.45, 2.75) is 12.5 Å². The Labute approximate surface area is 155 Å². The van der Waals surface area contributed by atoms with Crippen LogP contribution >= 0.6 is 0 Å². The van der Waals surface area contributed by atoms with Crippen LogP contribution in [0.3, 0.4) is 0 Å². The monoisotopic (exact) mass is 366 g/mol. The Morgan fingerprint density at radius 3 is 2.78 bits per heavy atom. The van der Waals surface area contributed by atoms with Crippen molar-refractivity contribution in [1.29, 1.82) is 0 Å². The predicted molar refractivity (Wildman–Crippen MR) is 98.9 cm³/mol. The number of phenols is 1. The maximum Gasteiger partial charge on any atom is 0.256 e. The van der Waals surface area contributed by atoms with E-state index >= 15 is 0 Å². The van der Waals surface area contributed by atoms with Crippen molar-refractivity contribution in [3.05, 3.63) is 71.7 Å². The Balaban J connectivity index is 1.49. The molecule has 0 saturated carbocycles. The molecule has 1 amide bonds. The fraction of sp³-hybridized carbons (Fsp3) is 0.238. The number of carbonyl (C=O) groups excluding carboxylic acids is 1. The van der Waals surface area contributed by atoms with Gasteiger partial charge in [-0.05, 0) is 30.7 Å². The number of nitrogens with zero attached hydrogens (tertiary/aromatic N) is 2. The summed E-state index contributed by atoms with van der Waals surface area (Å²) < 4.78 is 14.0. The molecule has 1 aliphatic rings. The van der Waals surface area contributed by atoms with Gasteiger partial charge in [0.15, 0.2) is 0 Å². The van der Waals surface area contributed by atoms with E-state index in [0.29, 0.717) is 13.0 Å². The van der Waals surface area contributed by atoms with Gasteiger partial charge in [-0.3, -0.25) is 9.78 Å². The standard InChI is InChI=1S/C21H19FN2O3/c22-18-10-16(25)7-8-17(18)21(27)24-11-14(20(26)12-24)9-15-6-5-13-3-1-2-4-19(13)23-15/h1-8,10,14,20,25-26H,9,11-12H2/t14-,20-/m1/s1. The first-order chi connectivity index (χ1) is 13.0. The molecular weight excluding hydrogens is 347 g/mol. The van der Waals surface area contributed by atoms with Crippen molar-refractivity contribution >= 4 is 16.8 Å². The number of para-hydroxylation sites is 1. The number of rotatable bonds is 3. The number of aromatic nitrogens is 1. The molecule has 0 radical (unpaired) electrons. The van der Waals surface area contributed by atoms with Crippen LogP contribution in [-0.4, -0.2) is 45.2 Å². The van der Waals surface area contributed by atoms with Crippen LogP contribution in [0.5, 0.6) is 5.75 Å². The van der Waals surface area contributed by atoms with Crippen molar-refractivity contribution in [3.8, 4) is 5.75 Å². The third-order valence-corrected chi connectivity index (χ3v) is 5.00. The van der Waals surface area contributed by atoms with Gasteiger partial charge in [-0.15, -0.1) is 0 Å². The molecule has 0 spiro atoms. The third kappa shape index (κ3) is 3.48. The normalized spacial score (nSPS) is 19.6. The number of phenolic OH excluding ortho intramolecular Hbond substituents is 1. The molecule has 0 unspecified atom stereocenters. The highest BCUT2D eigenvalue weighted by Gasteiger charge is 2.35. The van der Waals surface area contributed by atoms with Gasteiger partial charge in [0.1, 0.15) is 11.6 Å². The Morgan fingerprint density at radius 2 is 1.96 bits per heavy atom. The largest absolute Gasteiger partial charge is 0.508 e. The summed E-state index contributed by atoms with van der Waals surface area (Å²) in [5.41, 5.74) is 1.63. The number of aliphatic hydroxyl groups excluding tert-OH is 1. The molecule has 6 heteroatoms. The van der Waals surface area contributed by atoms with Gasteiger partial charge < -0.3 is 15.1 Å². The fourth-order valence-electron chi connectivity index (χ4n) is 3.56. The number of likely N-dealkylation sites (tertiary alicyclic amines) is 1. The second kappa shape index (κ2) is 6.96. The molecule has 138 valence electrons. The first-order valence-corrected chi connectivity index (χ1v) is 8.82. The van der Waals surface area contributed by atoms with Crippen LogP contribution in [0.1, 0.15) is 16.1 Å². The van der Waals surface area contributed by atoms with Gasteiger partial charge in [-0.1, -0.05) is 24.3 Å².